The quantitative estimate of drug-likeness (QED) is 0.690. The molecule has 1 heterocycles. The maximum Gasteiger partial charge on any atom is 0.243 e. The fraction of sp³-hybridized carbons (Fsp3) is 0.696. The van der Waals surface area contributed by atoms with Crippen molar-refractivity contribution in [2.24, 2.45) is 11.8 Å². The number of likely N-dealkylation sites (N-methyl/N-ethyl adjacent to an activating group) is 1. The van der Waals surface area contributed by atoms with E-state index >= 15 is 0 Å². The van der Waals surface area contributed by atoms with Crippen molar-refractivity contribution in [3.63, 3.8) is 0 Å². The molecule has 1 aliphatic carbocycles. The molecular formula is C23H37N3O3S. The van der Waals surface area contributed by atoms with Crippen molar-refractivity contribution in [3.05, 3.63) is 29.8 Å². The Bertz CT molecular complexity index is 845. The van der Waals surface area contributed by atoms with Crippen molar-refractivity contribution < 1.29 is 13.2 Å². The molecule has 4 atom stereocenters. The predicted molar refractivity (Wildman–Crippen MR) is 120 cm³/mol. The van der Waals surface area contributed by atoms with Crippen molar-refractivity contribution in [1.29, 1.82) is 0 Å². The molecule has 1 aromatic carbocycles. The molecule has 6 nitrogen and oxygen atoms in total. The molecule has 1 saturated carbocycles. The van der Waals surface area contributed by atoms with E-state index in [1.54, 1.807) is 16.4 Å². The van der Waals surface area contributed by atoms with Crippen molar-refractivity contribution in [1.82, 2.24) is 14.9 Å². The maximum absolute atomic E-state index is 13.2. The van der Waals surface area contributed by atoms with E-state index in [9.17, 15) is 13.2 Å². The zero-order valence-corrected chi connectivity index (χ0v) is 19.8. The van der Waals surface area contributed by atoms with E-state index in [1.165, 1.54) is 0 Å². The van der Waals surface area contributed by atoms with E-state index in [0.29, 0.717) is 23.9 Å². The zero-order valence-electron chi connectivity index (χ0n) is 18.9. The van der Waals surface area contributed by atoms with Crippen LogP contribution < -0.4 is 10.6 Å². The van der Waals surface area contributed by atoms with Crippen LogP contribution in [0.3, 0.4) is 0 Å². The highest BCUT2D eigenvalue weighted by molar-refractivity contribution is 7.89. The number of hydrogen-bond acceptors (Lipinski definition) is 4. The third-order valence-electron chi connectivity index (χ3n) is 6.75. The van der Waals surface area contributed by atoms with Crippen molar-refractivity contribution in [2.75, 3.05) is 20.1 Å². The van der Waals surface area contributed by atoms with E-state index in [0.717, 1.165) is 31.2 Å². The van der Waals surface area contributed by atoms with Crippen LogP contribution in [0.5, 0.6) is 0 Å². The first-order valence-corrected chi connectivity index (χ1v) is 12.6. The molecule has 30 heavy (non-hydrogen) atoms. The van der Waals surface area contributed by atoms with Crippen molar-refractivity contribution >= 4 is 15.9 Å². The summed E-state index contributed by atoms with van der Waals surface area (Å²) in [4.78, 5) is 13.0. The Morgan fingerprint density at radius 3 is 2.40 bits per heavy atom. The normalized spacial score (nSPS) is 25.8. The van der Waals surface area contributed by atoms with E-state index in [4.69, 9.17) is 0 Å². The van der Waals surface area contributed by atoms with Gasteiger partial charge in [0.1, 0.15) is 0 Å². The summed E-state index contributed by atoms with van der Waals surface area (Å²) in [6, 6.07) is 7.16. The summed E-state index contributed by atoms with van der Waals surface area (Å²) in [6.07, 6.45) is 3.63. The van der Waals surface area contributed by atoms with E-state index in [1.807, 2.05) is 19.2 Å². The molecule has 168 valence electrons. The van der Waals surface area contributed by atoms with E-state index in [-0.39, 0.29) is 29.3 Å². The SMILES string of the molecule is CCC[C@H](NC)C(=O)N[C@H]1CC[C@@H]2CN(S(=O)(=O)c3ccc(C(C)(C)C)cc3)C[C@@H]21. The molecule has 0 bridgehead atoms. The second-order valence-corrected chi connectivity index (χ2v) is 11.8. The summed E-state index contributed by atoms with van der Waals surface area (Å²) < 4.78 is 28.1. The topological polar surface area (TPSA) is 78.5 Å². The van der Waals surface area contributed by atoms with Crippen LogP contribution >= 0.6 is 0 Å². The first kappa shape index (κ1) is 23.2. The lowest BCUT2D eigenvalue weighted by Crippen LogP contribution is -2.48. The number of carbonyl (C=O) groups excluding carboxylic acids is 1. The number of fused-ring (bicyclic) bond motifs is 1. The Balaban J connectivity index is 1.68. The van der Waals surface area contributed by atoms with Gasteiger partial charge in [-0.1, -0.05) is 46.2 Å². The minimum atomic E-state index is -3.52. The lowest BCUT2D eigenvalue weighted by Gasteiger charge is -2.24. The Morgan fingerprint density at radius 1 is 1.17 bits per heavy atom. The number of benzene rings is 1. The number of rotatable bonds is 7. The zero-order chi connectivity index (χ0) is 22.1. The van der Waals surface area contributed by atoms with Crippen LogP contribution in [0.15, 0.2) is 29.2 Å². The van der Waals surface area contributed by atoms with Crippen LogP contribution in [-0.2, 0) is 20.2 Å². The highest BCUT2D eigenvalue weighted by Crippen LogP contribution is 2.40. The molecule has 2 N–H and O–H groups in total. The van der Waals surface area contributed by atoms with Gasteiger partial charge in [0.25, 0.3) is 0 Å². The number of hydrogen-bond donors (Lipinski definition) is 2. The van der Waals surface area contributed by atoms with Gasteiger partial charge in [-0.2, -0.15) is 4.31 Å². The van der Waals surface area contributed by atoms with Gasteiger partial charge in [-0.25, -0.2) is 8.42 Å². The first-order chi connectivity index (χ1) is 14.1. The fourth-order valence-electron chi connectivity index (χ4n) is 4.85. The van der Waals surface area contributed by atoms with Gasteiger partial charge >= 0.3 is 0 Å². The lowest BCUT2D eigenvalue weighted by atomic mass is 9.87. The Labute approximate surface area is 181 Å². The molecule has 2 fully saturated rings. The summed E-state index contributed by atoms with van der Waals surface area (Å²) in [6.45, 7) is 9.45. The molecule has 1 saturated heterocycles. The van der Waals surface area contributed by atoms with Gasteiger partial charge in [0.05, 0.1) is 10.9 Å². The molecule has 1 aliphatic heterocycles. The summed E-state index contributed by atoms with van der Waals surface area (Å²) in [5.41, 5.74) is 1.11. The van der Waals surface area contributed by atoms with Crippen LogP contribution in [-0.4, -0.2) is 50.9 Å². The van der Waals surface area contributed by atoms with Crippen LogP contribution in [0.4, 0.5) is 0 Å². The van der Waals surface area contributed by atoms with Crippen molar-refractivity contribution in [3.8, 4) is 0 Å². The number of nitrogens with zero attached hydrogens (tertiary/aromatic N) is 1. The molecule has 1 aromatic rings. The van der Waals surface area contributed by atoms with E-state index in [2.05, 4.69) is 38.3 Å². The monoisotopic (exact) mass is 435 g/mol. The summed E-state index contributed by atoms with van der Waals surface area (Å²) in [5.74, 6) is 0.541. The Morgan fingerprint density at radius 2 is 1.83 bits per heavy atom. The molecule has 2 aliphatic rings. The number of sulfonamides is 1. The highest BCUT2D eigenvalue weighted by atomic mass is 32.2. The maximum atomic E-state index is 13.2. The average molecular weight is 436 g/mol. The molecular weight excluding hydrogens is 398 g/mol. The average Bonchev–Trinajstić information content (AvgIpc) is 3.28. The van der Waals surface area contributed by atoms with E-state index < -0.39 is 10.0 Å². The Hall–Kier alpha value is -1.44. The molecule has 0 aromatic heterocycles. The minimum Gasteiger partial charge on any atom is -0.352 e. The van der Waals surface area contributed by atoms with Gasteiger partial charge in [-0.05, 0) is 61.3 Å². The van der Waals surface area contributed by atoms with Crippen molar-refractivity contribution in [2.45, 2.75) is 75.8 Å². The number of carbonyl (C=O) groups is 1. The van der Waals surface area contributed by atoms with Gasteiger partial charge < -0.3 is 10.6 Å². The predicted octanol–water partition coefficient (Wildman–Crippen LogP) is 2.89. The molecule has 1 amide bonds. The molecule has 3 rings (SSSR count). The molecule has 0 unspecified atom stereocenters. The lowest BCUT2D eigenvalue weighted by molar-refractivity contribution is -0.124. The number of nitrogens with one attached hydrogen (secondary N) is 2. The van der Waals surface area contributed by atoms with Gasteiger partial charge in [-0.15, -0.1) is 0 Å². The van der Waals surface area contributed by atoms with Crippen LogP contribution in [0, 0.1) is 11.8 Å². The van der Waals surface area contributed by atoms with Gasteiger partial charge in [0.15, 0.2) is 0 Å². The third kappa shape index (κ3) is 4.73. The van der Waals surface area contributed by atoms with Crippen LogP contribution in [0.1, 0.15) is 58.9 Å². The molecule has 7 heteroatoms. The Kier molecular flexibility index (Phi) is 6.94. The fourth-order valence-corrected chi connectivity index (χ4v) is 6.39. The van der Waals surface area contributed by atoms with Gasteiger partial charge in [0.2, 0.25) is 15.9 Å². The summed E-state index contributed by atoms with van der Waals surface area (Å²) in [7, 11) is -1.70. The second kappa shape index (κ2) is 8.97. The largest absolute Gasteiger partial charge is 0.352 e. The third-order valence-corrected chi connectivity index (χ3v) is 8.60. The molecule has 0 spiro atoms. The van der Waals surface area contributed by atoms with Gasteiger partial charge in [0, 0.05) is 19.1 Å². The molecule has 0 radical (unpaired) electrons. The van der Waals surface area contributed by atoms with Crippen LogP contribution in [0.2, 0.25) is 0 Å². The van der Waals surface area contributed by atoms with Crippen LogP contribution in [0.25, 0.3) is 0 Å². The standard InChI is InChI=1S/C23H37N3O3S/c1-6-7-21(24-5)22(27)25-20-13-8-16-14-26(15-19(16)20)30(28,29)18-11-9-17(10-12-18)23(2,3)4/h9-12,16,19-21,24H,6-8,13-15H2,1-5H3,(H,25,27)/t16-,19+,20+,21+/m1/s1. The smallest absolute Gasteiger partial charge is 0.243 e. The first-order valence-electron chi connectivity index (χ1n) is 11.2. The highest BCUT2D eigenvalue weighted by Gasteiger charge is 2.47. The second-order valence-electron chi connectivity index (χ2n) is 9.84. The summed E-state index contributed by atoms with van der Waals surface area (Å²) >= 11 is 0. The number of amides is 1. The summed E-state index contributed by atoms with van der Waals surface area (Å²) in [5, 5.41) is 6.29. The van der Waals surface area contributed by atoms with Gasteiger partial charge in [-0.3, -0.25) is 4.79 Å². The minimum absolute atomic E-state index is 0.0125.